The van der Waals surface area contributed by atoms with Crippen molar-refractivity contribution >= 4 is 21.9 Å². The van der Waals surface area contributed by atoms with Crippen LogP contribution in [0, 0.1) is 0 Å². The molecular weight excluding hydrogens is 380 g/mol. The zero-order chi connectivity index (χ0) is 18.2. The fourth-order valence-electron chi connectivity index (χ4n) is 2.58. The quantitative estimate of drug-likeness (QED) is 0.564. The molecule has 5 nitrogen and oxygen atoms in total. The number of halogens is 1. The molecule has 1 heterocycles. The van der Waals surface area contributed by atoms with Crippen molar-refractivity contribution in [3.8, 4) is 0 Å². The second-order valence-corrected chi connectivity index (χ2v) is 6.89. The molecule has 0 bridgehead atoms. The van der Waals surface area contributed by atoms with Crippen LogP contribution in [0.3, 0.4) is 0 Å². The summed E-state index contributed by atoms with van der Waals surface area (Å²) in [6.07, 6.45) is 2.06. The molecular formula is C19H27BrN4O. The SMILES string of the molecule is CCOCc1ccc(CNC(=NC)N(C)Cc2cc(Br)cn2C)cc1. The van der Waals surface area contributed by atoms with Crippen molar-refractivity contribution in [2.75, 3.05) is 20.7 Å². The lowest BCUT2D eigenvalue weighted by Gasteiger charge is -2.22. The minimum atomic E-state index is 0.667. The van der Waals surface area contributed by atoms with Crippen molar-refractivity contribution in [1.82, 2.24) is 14.8 Å². The van der Waals surface area contributed by atoms with Crippen LogP contribution >= 0.6 is 15.9 Å². The van der Waals surface area contributed by atoms with E-state index >= 15 is 0 Å². The van der Waals surface area contributed by atoms with Gasteiger partial charge in [-0.15, -0.1) is 0 Å². The van der Waals surface area contributed by atoms with Gasteiger partial charge in [-0.05, 0) is 40.0 Å². The summed E-state index contributed by atoms with van der Waals surface area (Å²) in [5.41, 5.74) is 3.63. The maximum atomic E-state index is 5.43. The first kappa shape index (κ1) is 19.5. The van der Waals surface area contributed by atoms with Gasteiger partial charge in [0.05, 0.1) is 13.2 Å². The highest BCUT2D eigenvalue weighted by molar-refractivity contribution is 9.10. The maximum Gasteiger partial charge on any atom is 0.194 e. The molecule has 0 aliphatic rings. The molecule has 1 aromatic heterocycles. The Bertz CT molecular complexity index is 694. The lowest BCUT2D eigenvalue weighted by Crippen LogP contribution is -2.38. The third kappa shape index (κ3) is 5.90. The largest absolute Gasteiger partial charge is 0.377 e. The standard InChI is InChI=1S/C19H27BrN4O/c1-5-25-14-16-8-6-15(7-9-16)11-22-19(21-2)24(4)13-18-10-17(20)12-23(18)3/h6-10,12H,5,11,13-14H2,1-4H3,(H,21,22). The number of aryl methyl sites for hydroxylation is 1. The van der Waals surface area contributed by atoms with Gasteiger partial charge in [0.2, 0.25) is 0 Å². The molecule has 0 saturated carbocycles. The zero-order valence-electron chi connectivity index (χ0n) is 15.4. The van der Waals surface area contributed by atoms with Crippen LogP contribution in [0.2, 0.25) is 0 Å². The maximum absolute atomic E-state index is 5.43. The number of hydrogen-bond acceptors (Lipinski definition) is 2. The van der Waals surface area contributed by atoms with Crippen molar-refractivity contribution < 1.29 is 4.74 Å². The van der Waals surface area contributed by atoms with Gasteiger partial charge < -0.3 is 19.5 Å². The molecule has 0 spiro atoms. The van der Waals surface area contributed by atoms with E-state index in [1.165, 1.54) is 16.8 Å². The first-order chi connectivity index (χ1) is 12.0. The molecule has 136 valence electrons. The average Bonchev–Trinajstić information content (AvgIpc) is 2.91. The lowest BCUT2D eigenvalue weighted by atomic mass is 10.1. The Labute approximate surface area is 158 Å². The fraction of sp³-hybridized carbons (Fsp3) is 0.421. The van der Waals surface area contributed by atoms with Crippen LogP contribution in [-0.2, 0) is 31.5 Å². The summed E-state index contributed by atoms with van der Waals surface area (Å²) in [6, 6.07) is 10.6. The summed E-state index contributed by atoms with van der Waals surface area (Å²) in [6.45, 7) is 4.94. The van der Waals surface area contributed by atoms with E-state index in [1.54, 1.807) is 0 Å². The summed E-state index contributed by atoms with van der Waals surface area (Å²) in [7, 11) is 5.90. The number of nitrogens with zero attached hydrogens (tertiary/aromatic N) is 3. The third-order valence-electron chi connectivity index (χ3n) is 3.99. The van der Waals surface area contributed by atoms with E-state index in [4.69, 9.17) is 4.74 Å². The van der Waals surface area contributed by atoms with Gasteiger partial charge >= 0.3 is 0 Å². The molecule has 1 N–H and O–H groups in total. The van der Waals surface area contributed by atoms with E-state index < -0.39 is 0 Å². The van der Waals surface area contributed by atoms with Crippen LogP contribution in [0.15, 0.2) is 46.0 Å². The number of benzene rings is 1. The second-order valence-electron chi connectivity index (χ2n) is 5.97. The Kier molecular flexibility index (Phi) is 7.52. The highest BCUT2D eigenvalue weighted by Crippen LogP contribution is 2.15. The minimum absolute atomic E-state index is 0.667. The second kappa shape index (κ2) is 9.63. The van der Waals surface area contributed by atoms with Crippen LogP contribution in [0.25, 0.3) is 0 Å². The van der Waals surface area contributed by atoms with Gasteiger partial charge in [0, 0.05) is 50.7 Å². The van der Waals surface area contributed by atoms with Gasteiger partial charge in [-0.1, -0.05) is 24.3 Å². The molecule has 0 radical (unpaired) electrons. The van der Waals surface area contributed by atoms with E-state index in [0.29, 0.717) is 6.61 Å². The van der Waals surface area contributed by atoms with Crippen molar-refractivity contribution in [3.05, 3.63) is 57.8 Å². The predicted molar refractivity (Wildman–Crippen MR) is 107 cm³/mol. The normalized spacial score (nSPS) is 11.6. The summed E-state index contributed by atoms with van der Waals surface area (Å²) in [4.78, 5) is 6.50. The Hall–Kier alpha value is -1.79. The van der Waals surface area contributed by atoms with Crippen molar-refractivity contribution in [3.63, 3.8) is 0 Å². The van der Waals surface area contributed by atoms with Crippen LogP contribution < -0.4 is 5.32 Å². The lowest BCUT2D eigenvalue weighted by molar-refractivity contribution is 0.134. The molecule has 0 aliphatic carbocycles. The summed E-state index contributed by atoms with van der Waals surface area (Å²) >= 11 is 3.52. The Balaban J connectivity index is 1.90. The molecule has 0 fully saturated rings. The Morgan fingerprint density at radius 2 is 1.96 bits per heavy atom. The Morgan fingerprint density at radius 3 is 2.52 bits per heavy atom. The van der Waals surface area contributed by atoms with Gasteiger partial charge in [-0.2, -0.15) is 0 Å². The van der Waals surface area contributed by atoms with Gasteiger partial charge in [-0.3, -0.25) is 4.99 Å². The van der Waals surface area contributed by atoms with Crippen LogP contribution in [0.1, 0.15) is 23.7 Å². The zero-order valence-corrected chi connectivity index (χ0v) is 17.0. The highest BCUT2D eigenvalue weighted by atomic mass is 79.9. The van der Waals surface area contributed by atoms with E-state index in [0.717, 1.165) is 30.1 Å². The van der Waals surface area contributed by atoms with Gasteiger partial charge in [-0.25, -0.2) is 0 Å². The van der Waals surface area contributed by atoms with Crippen LogP contribution in [-0.4, -0.2) is 36.1 Å². The average molecular weight is 407 g/mol. The molecule has 0 saturated heterocycles. The number of guanidine groups is 1. The number of aliphatic imine (C=N–C) groups is 1. The minimum Gasteiger partial charge on any atom is -0.377 e. The first-order valence-electron chi connectivity index (χ1n) is 8.41. The number of hydrogen-bond donors (Lipinski definition) is 1. The summed E-state index contributed by atoms with van der Waals surface area (Å²) in [5, 5.41) is 3.42. The Morgan fingerprint density at radius 1 is 1.28 bits per heavy atom. The fourth-order valence-corrected chi connectivity index (χ4v) is 3.15. The molecule has 0 atom stereocenters. The molecule has 2 rings (SSSR count). The van der Waals surface area contributed by atoms with Crippen LogP contribution in [0.4, 0.5) is 0 Å². The van der Waals surface area contributed by atoms with E-state index in [9.17, 15) is 0 Å². The predicted octanol–water partition coefficient (Wildman–Crippen LogP) is 3.53. The molecule has 2 aromatic rings. The summed E-state index contributed by atoms with van der Waals surface area (Å²) in [5.74, 6) is 0.871. The number of rotatable bonds is 7. The van der Waals surface area contributed by atoms with Gasteiger partial charge in [0.15, 0.2) is 5.96 Å². The molecule has 25 heavy (non-hydrogen) atoms. The van der Waals surface area contributed by atoms with E-state index in [-0.39, 0.29) is 0 Å². The molecule has 0 unspecified atom stereocenters. The number of nitrogens with one attached hydrogen (secondary N) is 1. The monoisotopic (exact) mass is 406 g/mol. The van der Waals surface area contributed by atoms with Gasteiger partial charge in [0.1, 0.15) is 0 Å². The first-order valence-corrected chi connectivity index (χ1v) is 9.20. The third-order valence-corrected chi connectivity index (χ3v) is 4.43. The summed E-state index contributed by atoms with van der Waals surface area (Å²) < 4.78 is 8.63. The smallest absolute Gasteiger partial charge is 0.194 e. The van der Waals surface area contributed by atoms with E-state index in [2.05, 4.69) is 72.2 Å². The number of aromatic nitrogens is 1. The molecule has 0 amide bonds. The van der Waals surface area contributed by atoms with Crippen LogP contribution in [0.5, 0.6) is 0 Å². The van der Waals surface area contributed by atoms with Crippen molar-refractivity contribution in [2.24, 2.45) is 12.0 Å². The molecule has 6 heteroatoms. The van der Waals surface area contributed by atoms with Crippen molar-refractivity contribution in [2.45, 2.75) is 26.6 Å². The molecule has 1 aromatic carbocycles. The number of ether oxygens (including phenoxy) is 1. The van der Waals surface area contributed by atoms with Gasteiger partial charge in [0.25, 0.3) is 0 Å². The van der Waals surface area contributed by atoms with E-state index in [1.807, 2.05) is 28.1 Å². The highest BCUT2D eigenvalue weighted by Gasteiger charge is 2.09. The van der Waals surface area contributed by atoms with Crippen molar-refractivity contribution in [1.29, 1.82) is 0 Å². The molecule has 0 aliphatic heterocycles. The topological polar surface area (TPSA) is 41.8 Å².